The van der Waals surface area contributed by atoms with Gasteiger partial charge in [0.1, 0.15) is 28.2 Å². The van der Waals surface area contributed by atoms with Gasteiger partial charge in [-0.25, -0.2) is 15.0 Å². The van der Waals surface area contributed by atoms with E-state index < -0.39 is 0 Å². The fourth-order valence-electron chi connectivity index (χ4n) is 4.08. The zero-order valence-corrected chi connectivity index (χ0v) is 18.5. The number of aryl methyl sites for hydroxylation is 2. The van der Waals surface area contributed by atoms with Crippen molar-refractivity contribution in [2.45, 2.75) is 32.7 Å². The standard InChI is InChI=1S/C23H25N7S/c1-14-5-3-9-25-21(14)23-27-17-11-20(26-13-18(17)31-23)28-19-8-7-15(2)22(29-19)30-10-4-6-16(30)12-24/h3,5,7-9,11,13,16H,4,6,10,12,24H2,1-2H3,(H,26,28,29)/t16-/m0/s1. The van der Waals surface area contributed by atoms with Gasteiger partial charge in [-0.05, 0) is 49.9 Å². The molecule has 7 nitrogen and oxygen atoms in total. The molecule has 31 heavy (non-hydrogen) atoms. The molecule has 1 fully saturated rings. The van der Waals surface area contributed by atoms with Crippen LogP contribution in [0.5, 0.6) is 0 Å². The van der Waals surface area contributed by atoms with Crippen molar-refractivity contribution in [1.29, 1.82) is 0 Å². The molecule has 0 bridgehead atoms. The minimum Gasteiger partial charge on any atom is -0.352 e. The number of nitrogens with zero attached hydrogens (tertiary/aromatic N) is 5. The fourth-order valence-corrected chi connectivity index (χ4v) is 5.06. The Kier molecular flexibility index (Phi) is 5.25. The lowest BCUT2D eigenvalue weighted by atomic mass is 10.2. The molecule has 1 aliphatic heterocycles. The summed E-state index contributed by atoms with van der Waals surface area (Å²) in [5.41, 5.74) is 10.1. The van der Waals surface area contributed by atoms with E-state index in [4.69, 9.17) is 15.7 Å². The highest BCUT2D eigenvalue weighted by Gasteiger charge is 2.25. The number of rotatable bonds is 5. The summed E-state index contributed by atoms with van der Waals surface area (Å²) in [7, 11) is 0. The van der Waals surface area contributed by atoms with Gasteiger partial charge in [-0.3, -0.25) is 4.98 Å². The van der Waals surface area contributed by atoms with Crippen molar-refractivity contribution in [2.24, 2.45) is 5.73 Å². The molecule has 0 saturated carbocycles. The second kappa shape index (κ2) is 8.20. The summed E-state index contributed by atoms with van der Waals surface area (Å²) < 4.78 is 1.03. The fraction of sp³-hybridized carbons (Fsp3) is 0.304. The van der Waals surface area contributed by atoms with E-state index in [1.54, 1.807) is 17.5 Å². The Labute approximate surface area is 185 Å². The number of nitrogens with two attached hydrogens (primary N) is 1. The first-order chi connectivity index (χ1) is 15.1. The maximum Gasteiger partial charge on any atom is 0.143 e. The van der Waals surface area contributed by atoms with Crippen molar-refractivity contribution < 1.29 is 0 Å². The molecule has 1 saturated heterocycles. The molecule has 4 aromatic rings. The van der Waals surface area contributed by atoms with Crippen molar-refractivity contribution in [3.63, 3.8) is 0 Å². The molecule has 0 radical (unpaired) electrons. The number of aromatic nitrogens is 4. The maximum atomic E-state index is 5.97. The number of hydrogen-bond acceptors (Lipinski definition) is 8. The Morgan fingerprint density at radius 3 is 2.87 bits per heavy atom. The van der Waals surface area contributed by atoms with Gasteiger partial charge in [0.25, 0.3) is 0 Å². The van der Waals surface area contributed by atoms with Gasteiger partial charge in [0.2, 0.25) is 0 Å². The van der Waals surface area contributed by atoms with Crippen LogP contribution in [0.15, 0.2) is 42.7 Å². The first-order valence-corrected chi connectivity index (χ1v) is 11.3. The smallest absolute Gasteiger partial charge is 0.143 e. The Balaban J connectivity index is 1.43. The maximum absolute atomic E-state index is 5.97. The van der Waals surface area contributed by atoms with E-state index in [9.17, 15) is 0 Å². The number of nitrogens with one attached hydrogen (secondary N) is 1. The van der Waals surface area contributed by atoms with Gasteiger partial charge in [-0.15, -0.1) is 11.3 Å². The summed E-state index contributed by atoms with van der Waals surface area (Å²) in [6, 6.07) is 10.4. The van der Waals surface area contributed by atoms with Crippen LogP contribution >= 0.6 is 11.3 Å². The second-order valence-corrected chi connectivity index (χ2v) is 8.94. The molecule has 1 atom stereocenters. The first kappa shape index (κ1) is 19.8. The van der Waals surface area contributed by atoms with Crippen molar-refractivity contribution >= 4 is 39.0 Å². The van der Waals surface area contributed by atoms with Crippen LogP contribution in [0.25, 0.3) is 20.9 Å². The lowest BCUT2D eigenvalue weighted by Crippen LogP contribution is -2.36. The molecule has 5 heterocycles. The highest BCUT2D eigenvalue weighted by atomic mass is 32.1. The van der Waals surface area contributed by atoms with Crippen LogP contribution in [-0.4, -0.2) is 39.1 Å². The third-order valence-electron chi connectivity index (χ3n) is 5.74. The normalized spacial score (nSPS) is 16.2. The third kappa shape index (κ3) is 3.84. The summed E-state index contributed by atoms with van der Waals surface area (Å²) in [5, 5.41) is 4.26. The summed E-state index contributed by atoms with van der Waals surface area (Å²) >= 11 is 1.61. The molecule has 0 spiro atoms. The molecule has 0 unspecified atom stereocenters. The lowest BCUT2D eigenvalue weighted by Gasteiger charge is -2.26. The van der Waals surface area contributed by atoms with Gasteiger partial charge in [-0.1, -0.05) is 12.1 Å². The summed E-state index contributed by atoms with van der Waals surface area (Å²) in [4.78, 5) is 21.1. The molecule has 0 amide bonds. The predicted octanol–water partition coefficient (Wildman–Crippen LogP) is 4.44. The molecule has 3 N–H and O–H groups in total. The van der Waals surface area contributed by atoms with E-state index in [1.807, 2.05) is 24.4 Å². The summed E-state index contributed by atoms with van der Waals surface area (Å²) in [5.74, 6) is 2.49. The number of hydrogen-bond donors (Lipinski definition) is 2. The van der Waals surface area contributed by atoms with Crippen molar-refractivity contribution in [1.82, 2.24) is 19.9 Å². The van der Waals surface area contributed by atoms with Crippen LogP contribution in [0, 0.1) is 13.8 Å². The Hall–Kier alpha value is -3.10. The van der Waals surface area contributed by atoms with E-state index in [1.165, 1.54) is 0 Å². The molecule has 158 valence electrons. The Morgan fingerprint density at radius 2 is 2.03 bits per heavy atom. The topological polar surface area (TPSA) is 92.9 Å². The van der Waals surface area contributed by atoms with Gasteiger partial charge < -0.3 is 16.0 Å². The molecule has 8 heteroatoms. The minimum atomic E-state index is 0.361. The van der Waals surface area contributed by atoms with Crippen LogP contribution in [0.2, 0.25) is 0 Å². The lowest BCUT2D eigenvalue weighted by molar-refractivity contribution is 0.670. The Bertz CT molecular complexity index is 1240. The summed E-state index contributed by atoms with van der Waals surface area (Å²) in [6.45, 7) is 5.80. The molecule has 5 rings (SSSR count). The highest BCUT2D eigenvalue weighted by molar-refractivity contribution is 7.21. The van der Waals surface area contributed by atoms with Crippen molar-refractivity contribution in [3.8, 4) is 10.7 Å². The van der Waals surface area contributed by atoms with E-state index in [2.05, 4.69) is 46.2 Å². The highest BCUT2D eigenvalue weighted by Crippen LogP contribution is 2.32. The molecule has 0 aromatic carbocycles. The van der Waals surface area contributed by atoms with Crippen LogP contribution in [0.1, 0.15) is 24.0 Å². The van der Waals surface area contributed by atoms with Gasteiger partial charge in [0.15, 0.2) is 0 Å². The zero-order chi connectivity index (χ0) is 21.4. The largest absolute Gasteiger partial charge is 0.352 e. The van der Waals surface area contributed by atoms with Gasteiger partial charge >= 0.3 is 0 Å². The average Bonchev–Trinajstić information content (AvgIpc) is 3.42. The monoisotopic (exact) mass is 431 g/mol. The number of fused-ring (bicyclic) bond motifs is 1. The first-order valence-electron chi connectivity index (χ1n) is 10.5. The van der Waals surface area contributed by atoms with Crippen molar-refractivity contribution in [2.75, 3.05) is 23.3 Å². The number of pyridine rings is 3. The van der Waals surface area contributed by atoms with Crippen LogP contribution in [0.4, 0.5) is 17.5 Å². The number of thiazole rings is 1. The molecule has 1 aliphatic rings. The quantitative estimate of drug-likeness (QED) is 0.483. The van der Waals surface area contributed by atoms with E-state index in [-0.39, 0.29) is 0 Å². The molecular weight excluding hydrogens is 406 g/mol. The Morgan fingerprint density at radius 1 is 1.13 bits per heavy atom. The van der Waals surface area contributed by atoms with Gasteiger partial charge in [0, 0.05) is 37.6 Å². The van der Waals surface area contributed by atoms with Crippen LogP contribution < -0.4 is 16.0 Å². The van der Waals surface area contributed by atoms with Gasteiger partial charge in [-0.2, -0.15) is 0 Å². The zero-order valence-electron chi connectivity index (χ0n) is 17.7. The van der Waals surface area contributed by atoms with Crippen LogP contribution in [0.3, 0.4) is 0 Å². The number of anilines is 3. The average molecular weight is 432 g/mol. The molecule has 4 aromatic heterocycles. The van der Waals surface area contributed by atoms with Crippen LogP contribution in [-0.2, 0) is 0 Å². The van der Waals surface area contributed by atoms with E-state index in [0.29, 0.717) is 12.6 Å². The second-order valence-electron chi connectivity index (χ2n) is 7.91. The minimum absolute atomic E-state index is 0.361. The summed E-state index contributed by atoms with van der Waals surface area (Å²) in [6.07, 6.45) is 5.93. The SMILES string of the molecule is Cc1cccnc1-c1nc2cc(Nc3ccc(C)c(N4CCC[C@H]4CN)n3)ncc2s1. The predicted molar refractivity (Wildman–Crippen MR) is 127 cm³/mol. The third-order valence-corrected chi connectivity index (χ3v) is 6.75. The molecule has 0 aliphatic carbocycles. The van der Waals surface area contributed by atoms with E-state index >= 15 is 0 Å². The molecular formula is C23H25N7S. The van der Waals surface area contributed by atoms with Crippen molar-refractivity contribution in [3.05, 3.63) is 53.9 Å². The van der Waals surface area contributed by atoms with Gasteiger partial charge in [0.05, 0.1) is 10.2 Å². The van der Waals surface area contributed by atoms with E-state index in [0.717, 1.165) is 68.9 Å².